The van der Waals surface area contributed by atoms with Crippen LogP contribution < -0.4 is 20.1 Å². The van der Waals surface area contributed by atoms with E-state index in [0.717, 1.165) is 12.8 Å². The van der Waals surface area contributed by atoms with Crippen LogP contribution in [0.3, 0.4) is 0 Å². The average molecular weight is 370 g/mol. The van der Waals surface area contributed by atoms with Crippen molar-refractivity contribution >= 4 is 17.5 Å². The molecule has 0 aromatic heterocycles. The van der Waals surface area contributed by atoms with E-state index in [1.165, 1.54) is 0 Å². The number of para-hydroxylation sites is 3. The van der Waals surface area contributed by atoms with Crippen molar-refractivity contribution in [2.75, 3.05) is 19.0 Å². The van der Waals surface area contributed by atoms with Crippen LogP contribution in [0.2, 0.25) is 0 Å². The Morgan fingerprint density at radius 2 is 1.70 bits per heavy atom. The van der Waals surface area contributed by atoms with E-state index < -0.39 is 6.10 Å². The fraction of sp³-hybridized carbons (Fsp3) is 0.333. The number of nitrogens with one attached hydrogen (secondary N) is 2. The van der Waals surface area contributed by atoms with Crippen LogP contribution in [0.1, 0.15) is 37.0 Å². The van der Waals surface area contributed by atoms with Crippen molar-refractivity contribution in [1.29, 1.82) is 0 Å². The SMILES string of the molecule is CCCCNC(=O)c1ccccc1NC(=O)C(C)Oc1ccccc1OC. The van der Waals surface area contributed by atoms with Crippen LogP contribution in [0.5, 0.6) is 11.5 Å². The van der Waals surface area contributed by atoms with E-state index in [1.807, 2.05) is 6.07 Å². The second kappa shape index (κ2) is 10.2. The van der Waals surface area contributed by atoms with Gasteiger partial charge in [-0.1, -0.05) is 37.6 Å². The minimum Gasteiger partial charge on any atom is -0.493 e. The number of hydrogen-bond donors (Lipinski definition) is 2. The molecule has 144 valence electrons. The van der Waals surface area contributed by atoms with Crippen LogP contribution in [-0.4, -0.2) is 31.6 Å². The lowest BCUT2D eigenvalue weighted by atomic mass is 10.1. The lowest BCUT2D eigenvalue weighted by Crippen LogP contribution is -2.32. The third-order valence-electron chi connectivity index (χ3n) is 3.99. The Balaban J connectivity index is 2.05. The Hall–Kier alpha value is -3.02. The predicted molar refractivity (Wildman–Crippen MR) is 105 cm³/mol. The van der Waals surface area contributed by atoms with Gasteiger partial charge in [0.15, 0.2) is 17.6 Å². The highest BCUT2D eigenvalue weighted by Gasteiger charge is 2.19. The molecule has 0 aliphatic rings. The fourth-order valence-electron chi connectivity index (χ4n) is 2.46. The summed E-state index contributed by atoms with van der Waals surface area (Å²) in [5, 5.41) is 5.63. The topological polar surface area (TPSA) is 76.7 Å². The number of ether oxygens (including phenoxy) is 2. The lowest BCUT2D eigenvalue weighted by molar-refractivity contribution is -0.122. The van der Waals surface area contributed by atoms with Crippen molar-refractivity contribution in [3.8, 4) is 11.5 Å². The van der Waals surface area contributed by atoms with Gasteiger partial charge in [-0.05, 0) is 37.6 Å². The summed E-state index contributed by atoms with van der Waals surface area (Å²) < 4.78 is 10.9. The maximum absolute atomic E-state index is 12.5. The molecule has 6 heteroatoms. The molecule has 0 fully saturated rings. The van der Waals surface area contributed by atoms with Gasteiger partial charge in [-0.2, -0.15) is 0 Å². The fourth-order valence-corrected chi connectivity index (χ4v) is 2.46. The first-order valence-corrected chi connectivity index (χ1v) is 9.04. The average Bonchev–Trinajstić information content (AvgIpc) is 2.68. The number of anilines is 1. The molecule has 1 unspecified atom stereocenters. The number of amides is 2. The molecular formula is C21H26N2O4. The molecule has 0 aliphatic heterocycles. The summed E-state index contributed by atoms with van der Waals surface area (Å²) in [4.78, 5) is 24.9. The van der Waals surface area contributed by atoms with Crippen LogP contribution in [0.4, 0.5) is 5.69 Å². The highest BCUT2D eigenvalue weighted by atomic mass is 16.5. The Kier molecular flexibility index (Phi) is 7.67. The van der Waals surface area contributed by atoms with E-state index in [1.54, 1.807) is 56.5 Å². The van der Waals surface area contributed by atoms with E-state index in [9.17, 15) is 9.59 Å². The minimum atomic E-state index is -0.766. The smallest absolute Gasteiger partial charge is 0.265 e. The van der Waals surface area contributed by atoms with E-state index in [4.69, 9.17) is 9.47 Å². The van der Waals surface area contributed by atoms with Crippen molar-refractivity contribution in [3.05, 3.63) is 54.1 Å². The van der Waals surface area contributed by atoms with E-state index >= 15 is 0 Å². The molecule has 27 heavy (non-hydrogen) atoms. The van der Waals surface area contributed by atoms with Gasteiger partial charge in [-0.15, -0.1) is 0 Å². The van der Waals surface area contributed by atoms with Gasteiger partial charge in [-0.3, -0.25) is 9.59 Å². The molecule has 2 aromatic rings. The van der Waals surface area contributed by atoms with E-state index in [2.05, 4.69) is 17.6 Å². The third kappa shape index (κ3) is 5.74. The predicted octanol–water partition coefficient (Wildman–Crippen LogP) is 3.63. The summed E-state index contributed by atoms with van der Waals surface area (Å²) in [6, 6.07) is 14.0. The summed E-state index contributed by atoms with van der Waals surface area (Å²) in [5.41, 5.74) is 0.874. The molecule has 0 bridgehead atoms. The molecule has 0 saturated carbocycles. The van der Waals surface area contributed by atoms with Crippen molar-refractivity contribution in [1.82, 2.24) is 5.32 Å². The number of methoxy groups -OCH3 is 1. The molecular weight excluding hydrogens is 344 g/mol. The number of carbonyl (C=O) groups is 2. The maximum atomic E-state index is 12.5. The normalized spacial score (nSPS) is 11.4. The monoisotopic (exact) mass is 370 g/mol. The highest BCUT2D eigenvalue weighted by molar-refractivity contribution is 6.04. The van der Waals surface area contributed by atoms with Gasteiger partial charge in [0.2, 0.25) is 0 Å². The number of unbranched alkanes of at least 4 members (excludes halogenated alkanes) is 1. The Bertz CT molecular complexity index is 776. The summed E-state index contributed by atoms with van der Waals surface area (Å²) in [7, 11) is 1.54. The summed E-state index contributed by atoms with van der Waals surface area (Å²) in [5.74, 6) is 0.466. The Morgan fingerprint density at radius 1 is 1.04 bits per heavy atom. The van der Waals surface area contributed by atoms with Crippen LogP contribution in [0.25, 0.3) is 0 Å². The maximum Gasteiger partial charge on any atom is 0.265 e. The Morgan fingerprint density at radius 3 is 2.41 bits per heavy atom. The summed E-state index contributed by atoms with van der Waals surface area (Å²) >= 11 is 0. The zero-order valence-electron chi connectivity index (χ0n) is 16.0. The largest absolute Gasteiger partial charge is 0.493 e. The van der Waals surface area contributed by atoms with E-state index in [0.29, 0.717) is 29.3 Å². The van der Waals surface area contributed by atoms with Crippen molar-refractivity contribution in [2.24, 2.45) is 0 Å². The standard InChI is InChI=1S/C21H26N2O4/c1-4-5-14-22-21(25)16-10-6-7-11-17(16)23-20(24)15(2)27-19-13-9-8-12-18(19)26-3/h6-13,15H,4-5,14H2,1-3H3,(H,22,25)(H,23,24). The van der Waals surface area contributed by atoms with Crippen molar-refractivity contribution < 1.29 is 19.1 Å². The summed E-state index contributed by atoms with van der Waals surface area (Å²) in [6.45, 7) is 4.31. The highest BCUT2D eigenvalue weighted by Crippen LogP contribution is 2.27. The molecule has 0 spiro atoms. The van der Waals surface area contributed by atoms with Crippen molar-refractivity contribution in [2.45, 2.75) is 32.8 Å². The molecule has 2 aromatic carbocycles. The van der Waals surface area contributed by atoms with Crippen molar-refractivity contribution in [3.63, 3.8) is 0 Å². The van der Waals surface area contributed by atoms with Gasteiger partial charge in [-0.25, -0.2) is 0 Å². The lowest BCUT2D eigenvalue weighted by Gasteiger charge is -2.17. The molecule has 0 aliphatic carbocycles. The van der Waals surface area contributed by atoms with Crippen LogP contribution in [0.15, 0.2) is 48.5 Å². The first-order chi connectivity index (χ1) is 13.1. The van der Waals surface area contributed by atoms with Crippen LogP contribution in [-0.2, 0) is 4.79 Å². The van der Waals surface area contributed by atoms with Gasteiger partial charge < -0.3 is 20.1 Å². The minimum absolute atomic E-state index is 0.211. The molecule has 2 N–H and O–H groups in total. The number of rotatable bonds is 9. The molecule has 1 atom stereocenters. The van der Waals surface area contributed by atoms with Gasteiger partial charge in [0.25, 0.3) is 11.8 Å². The molecule has 2 amide bonds. The first kappa shape index (κ1) is 20.3. The molecule has 6 nitrogen and oxygen atoms in total. The third-order valence-corrected chi connectivity index (χ3v) is 3.99. The van der Waals surface area contributed by atoms with Gasteiger partial charge in [0.1, 0.15) is 0 Å². The van der Waals surface area contributed by atoms with E-state index in [-0.39, 0.29) is 11.8 Å². The Labute approximate surface area is 159 Å². The molecule has 2 rings (SSSR count). The first-order valence-electron chi connectivity index (χ1n) is 9.04. The van der Waals surface area contributed by atoms with Gasteiger partial charge in [0.05, 0.1) is 18.4 Å². The molecule has 0 saturated heterocycles. The van der Waals surface area contributed by atoms with Gasteiger partial charge >= 0.3 is 0 Å². The summed E-state index contributed by atoms with van der Waals surface area (Å²) in [6.07, 6.45) is 1.14. The van der Waals surface area contributed by atoms with Gasteiger partial charge in [0, 0.05) is 6.54 Å². The number of benzene rings is 2. The number of carbonyl (C=O) groups excluding carboxylic acids is 2. The second-order valence-corrected chi connectivity index (χ2v) is 6.06. The second-order valence-electron chi connectivity index (χ2n) is 6.06. The molecule has 0 radical (unpaired) electrons. The van der Waals surface area contributed by atoms with Crippen LogP contribution in [0, 0.1) is 0 Å². The van der Waals surface area contributed by atoms with Crippen LogP contribution >= 0.6 is 0 Å². The zero-order valence-corrected chi connectivity index (χ0v) is 16.0. The zero-order chi connectivity index (χ0) is 19.6. The molecule has 0 heterocycles. The quantitative estimate of drug-likeness (QED) is 0.661. The number of hydrogen-bond acceptors (Lipinski definition) is 4.